The van der Waals surface area contributed by atoms with E-state index in [0.29, 0.717) is 11.6 Å². The largest absolute Gasteiger partial charge is 0.409 e. The molecule has 1 aromatic heterocycles. The van der Waals surface area contributed by atoms with E-state index in [-0.39, 0.29) is 18.4 Å². The molecule has 4 N–H and O–H groups in total. The Hall–Kier alpha value is -1.89. The molecule has 1 aromatic rings. The number of nitrogens with two attached hydrogens (primary N) is 1. The van der Waals surface area contributed by atoms with Crippen LogP contribution in [0.1, 0.15) is 18.5 Å². The van der Waals surface area contributed by atoms with Gasteiger partial charge in [0, 0.05) is 25.9 Å². The molecule has 0 spiro atoms. The lowest BCUT2D eigenvalue weighted by Crippen LogP contribution is -2.38. The number of aliphatic hydroxyl groups excluding tert-OH is 1. The van der Waals surface area contributed by atoms with Gasteiger partial charge in [0.15, 0.2) is 5.84 Å². The lowest BCUT2D eigenvalue weighted by molar-refractivity contribution is 0.208. The van der Waals surface area contributed by atoms with E-state index in [0.717, 1.165) is 25.9 Å². The molecule has 2 heterocycles. The van der Waals surface area contributed by atoms with Crippen LogP contribution >= 0.6 is 0 Å². The Morgan fingerprint density at radius 2 is 2.44 bits per heavy atom. The van der Waals surface area contributed by atoms with Crippen molar-refractivity contribution < 1.29 is 10.3 Å². The molecule has 7 heteroatoms. The third-order valence-electron chi connectivity index (χ3n) is 3.07. The van der Waals surface area contributed by atoms with Crippen LogP contribution in [0.5, 0.6) is 0 Å². The SMILES string of the molecule is N/C(=N/O)c1ccnc(N2CCCC(CO)C2)n1. The van der Waals surface area contributed by atoms with Crippen molar-refractivity contribution >= 4 is 11.8 Å². The van der Waals surface area contributed by atoms with E-state index in [1.165, 1.54) is 0 Å². The Balaban J connectivity index is 2.17. The van der Waals surface area contributed by atoms with Crippen LogP contribution in [0.15, 0.2) is 17.4 Å². The number of piperidine rings is 1. The Morgan fingerprint density at radius 3 is 3.17 bits per heavy atom. The number of anilines is 1. The Labute approximate surface area is 105 Å². The third kappa shape index (κ3) is 2.67. The van der Waals surface area contributed by atoms with Gasteiger partial charge in [0.2, 0.25) is 5.95 Å². The second-order valence-electron chi connectivity index (χ2n) is 4.36. The van der Waals surface area contributed by atoms with Crippen molar-refractivity contribution in [2.45, 2.75) is 12.8 Å². The first-order chi connectivity index (χ1) is 8.74. The fraction of sp³-hybridized carbons (Fsp3) is 0.545. The highest BCUT2D eigenvalue weighted by Gasteiger charge is 2.21. The molecule has 98 valence electrons. The first kappa shape index (κ1) is 12.6. The fourth-order valence-electron chi connectivity index (χ4n) is 2.09. The molecule has 0 saturated carbocycles. The minimum Gasteiger partial charge on any atom is -0.409 e. The van der Waals surface area contributed by atoms with Gasteiger partial charge in [-0.15, -0.1) is 0 Å². The van der Waals surface area contributed by atoms with Gasteiger partial charge in [-0.3, -0.25) is 0 Å². The molecule has 1 aliphatic rings. The highest BCUT2D eigenvalue weighted by atomic mass is 16.4. The predicted octanol–water partition coefficient (Wildman–Crippen LogP) is -0.220. The predicted molar refractivity (Wildman–Crippen MR) is 66.6 cm³/mol. The molecule has 1 fully saturated rings. The first-order valence-corrected chi connectivity index (χ1v) is 5.91. The van der Waals surface area contributed by atoms with Crippen molar-refractivity contribution in [1.82, 2.24) is 9.97 Å². The molecule has 0 amide bonds. The van der Waals surface area contributed by atoms with E-state index in [1.54, 1.807) is 12.3 Å². The van der Waals surface area contributed by atoms with Gasteiger partial charge in [0.1, 0.15) is 5.69 Å². The summed E-state index contributed by atoms with van der Waals surface area (Å²) in [6.07, 6.45) is 3.60. The molecule has 1 atom stereocenters. The van der Waals surface area contributed by atoms with Crippen LogP contribution in [0, 0.1) is 5.92 Å². The van der Waals surface area contributed by atoms with Crippen molar-refractivity contribution in [2.24, 2.45) is 16.8 Å². The molecular weight excluding hydrogens is 234 g/mol. The average Bonchev–Trinajstić information content (AvgIpc) is 2.46. The Bertz CT molecular complexity index is 437. The minimum absolute atomic E-state index is 0.0330. The number of hydrogen-bond donors (Lipinski definition) is 3. The minimum atomic E-state index is -0.0330. The second kappa shape index (κ2) is 5.63. The summed E-state index contributed by atoms with van der Waals surface area (Å²) in [5.74, 6) is 0.779. The van der Waals surface area contributed by atoms with E-state index < -0.39 is 0 Å². The number of hydrogen-bond acceptors (Lipinski definition) is 6. The maximum Gasteiger partial charge on any atom is 0.225 e. The van der Waals surface area contributed by atoms with Gasteiger partial charge >= 0.3 is 0 Å². The summed E-state index contributed by atoms with van der Waals surface area (Å²) >= 11 is 0. The molecule has 1 saturated heterocycles. The van der Waals surface area contributed by atoms with Crippen LogP contribution < -0.4 is 10.6 Å². The van der Waals surface area contributed by atoms with Crippen LogP contribution in [0.25, 0.3) is 0 Å². The highest BCUT2D eigenvalue weighted by molar-refractivity contribution is 5.95. The quantitative estimate of drug-likeness (QED) is 0.297. The van der Waals surface area contributed by atoms with Gasteiger partial charge in [-0.05, 0) is 24.8 Å². The van der Waals surface area contributed by atoms with Crippen molar-refractivity contribution in [3.63, 3.8) is 0 Å². The molecule has 2 rings (SSSR count). The smallest absolute Gasteiger partial charge is 0.225 e. The maximum atomic E-state index is 9.20. The second-order valence-corrected chi connectivity index (χ2v) is 4.36. The van der Waals surface area contributed by atoms with Gasteiger partial charge in [0.25, 0.3) is 0 Å². The normalized spacial score (nSPS) is 21.1. The highest BCUT2D eigenvalue weighted by Crippen LogP contribution is 2.19. The zero-order valence-electron chi connectivity index (χ0n) is 10.0. The molecule has 0 radical (unpaired) electrons. The van der Waals surface area contributed by atoms with Gasteiger partial charge < -0.3 is 20.9 Å². The van der Waals surface area contributed by atoms with E-state index >= 15 is 0 Å². The van der Waals surface area contributed by atoms with Crippen molar-refractivity contribution in [3.8, 4) is 0 Å². The van der Waals surface area contributed by atoms with Gasteiger partial charge in [-0.2, -0.15) is 0 Å². The molecule has 7 nitrogen and oxygen atoms in total. The third-order valence-corrected chi connectivity index (χ3v) is 3.07. The van der Waals surface area contributed by atoms with E-state index in [9.17, 15) is 5.11 Å². The number of rotatable bonds is 3. The summed E-state index contributed by atoms with van der Waals surface area (Å²) in [5.41, 5.74) is 5.89. The van der Waals surface area contributed by atoms with E-state index in [2.05, 4.69) is 15.1 Å². The topological polar surface area (TPSA) is 108 Å². The zero-order valence-corrected chi connectivity index (χ0v) is 10.0. The van der Waals surface area contributed by atoms with Crippen LogP contribution in [-0.2, 0) is 0 Å². The molecule has 1 aliphatic heterocycles. The van der Waals surface area contributed by atoms with Gasteiger partial charge in [0.05, 0.1) is 0 Å². The number of amidine groups is 1. The summed E-state index contributed by atoms with van der Waals surface area (Å²) in [5, 5.41) is 20.7. The lowest BCUT2D eigenvalue weighted by Gasteiger charge is -2.31. The van der Waals surface area contributed by atoms with E-state index in [4.69, 9.17) is 10.9 Å². The molecule has 1 unspecified atom stereocenters. The van der Waals surface area contributed by atoms with E-state index in [1.807, 2.05) is 4.90 Å². The Morgan fingerprint density at radius 1 is 1.61 bits per heavy atom. The standard InChI is InChI=1S/C11H17N5O2/c12-10(15-18)9-3-4-13-11(14-9)16-5-1-2-8(6-16)7-17/h3-4,8,17-18H,1-2,5-7H2,(H2,12,15). The summed E-state index contributed by atoms with van der Waals surface area (Å²) in [4.78, 5) is 10.5. The number of nitrogens with zero attached hydrogens (tertiary/aromatic N) is 4. The molecule has 0 aromatic carbocycles. The monoisotopic (exact) mass is 251 g/mol. The van der Waals surface area contributed by atoms with Crippen molar-refractivity contribution in [2.75, 3.05) is 24.6 Å². The lowest BCUT2D eigenvalue weighted by atomic mass is 9.99. The van der Waals surface area contributed by atoms with Crippen molar-refractivity contribution in [1.29, 1.82) is 0 Å². The first-order valence-electron chi connectivity index (χ1n) is 5.91. The summed E-state index contributed by atoms with van der Waals surface area (Å²) in [6.45, 7) is 1.77. The van der Waals surface area contributed by atoms with Gasteiger partial charge in [-0.1, -0.05) is 5.16 Å². The zero-order chi connectivity index (χ0) is 13.0. The van der Waals surface area contributed by atoms with Crippen LogP contribution in [0.4, 0.5) is 5.95 Å². The van der Waals surface area contributed by atoms with Crippen LogP contribution in [-0.4, -0.2) is 45.8 Å². The molecule has 0 aliphatic carbocycles. The van der Waals surface area contributed by atoms with Crippen molar-refractivity contribution in [3.05, 3.63) is 18.0 Å². The number of aromatic nitrogens is 2. The maximum absolute atomic E-state index is 9.20. The number of aliphatic hydroxyl groups is 1. The average molecular weight is 251 g/mol. The van der Waals surface area contributed by atoms with Crippen LogP contribution in [0.3, 0.4) is 0 Å². The number of oxime groups is 1. The Kier molecular flexibility index (Phi) is 3.93. The molecule has 0 bridgehead atoms. The van der Waals surface area contributed by atoms with Crippen LogP contribution in [0.2, 0.25) is 0 Å². The molecule has 18 heavy (non-hydrogen) atoms. The summed E-state index contributed by atoms with van der Waals surface area (Å²) < 4.78 is 0. The fourth-order valence-corrected chi connectivity index (χ4v) is 2.09. The summed E-state index contributed by atoms with van der Waals surface area (Å²) in [6, 6.07) is 1.59. The summed E-state index contributed by atoms with van der Waals surface area (Å²) in [7, 11) is 0. The van der Waals surface area contributed by atoms with Gasteiger partial charge in [-0.25, -0.2) is 9.97 Å². The molecular formula is C11H17N5O2.